The Bertz CT molecular complexity index is 726. The second kappa shape index (κ2) is 6.16. The zero-order valence-electron chi connectivity index (χ0n) is 9.95. The van der Waals surface area contributed by atoms with Gasteiger partial charge in [0.2, 0.25) is 0 Å². The van der Waals surface area contributed by atoms with Crippen molar-refractivity contribution in [2.24, 2.45) is 0 Å². The summed E-state index contributed by atoms with van der Waals surface area (Å²) in [4.78, 5) is 12.1. The molecular weight excluding hydrogens is 391 g/mol. The topological polar surface area (TPSA) is 52.9 Å². The van der Waals surface area contributed by atoms with Crippen LogP contribution in [0.5, 0.6) is 0 Å². The van der Waals surface area contributed by atoms with Gasteiger partial charge in [0.1, 0.15) is 11.9 Å². The average Bonchev–Trinajstić information content (AvgIpc) is 2.43. The predicted octanol–water partition coefficient (Wildman–Crippen LogP) is 4.47. The van der Waals surface area contributed by atoms with Crippen LogP contribution in [0.15, 0.2) is 45.3 Å². The Hall–Kier alpha value is -1.71. The lowest BCUT2D eigenvalue weighted by atomic mass is 10.2. The fraction of sp³-hybridized carbons (Fsp3) is 0. The zero-order valence-corrected chi connectivity index (χ0v) is 13.1. The van der Waals surface area contributed by atoms with Crippen molar-refractivity contribution in [3.8, 4) is 6.07 Å². The normalized spacial score (nSPS) is 9.90. The van der Waals surface area contributed by atoms with Crippen LogP contribution >= 0.6 is 31.9 Å². The molecule has 0 aliphatic rings. The summed E-state index contributed by atoms with van der Waals surface area (Å²) in [5.41, 5.74) is 0.679. The Kier molecular flexibility index (Phi) is 4.53. The molecule has 20 heavy (non-hydrogen) atoms. The van der Waals surface area contributed by atoms with Crippen LogP contribution in [0, 0.1) is 17.1 Å². The molecule has 1 amide bonds. The van der Waals surface area contributed by atoms with E-state index in [1.54, 1.807) is 24.3 Å². The van der Waals surface area contributed by atoms with Gasteiger partial charge < -0.3 is 5.32 Å². The molecule has 1 N–H and O–H groups in total. The van der Waals surface area contributed by atoms with Gasteiger partial charge in [-0.25, -0.2) is 4.39 Å². The van der Waals surface area contributed by atoms with Crippen molar-refractivity contribution in [2.45, 2.75) is 0 Å². The molecule has 2 aromatic rings. The van der Waals surface area contributed by atoms with Crippen LogP contribution in [-0.4, -0.2) is 5.91 Å². The lowest BCUT2D eigenvalue weighted by molar-refractivity contribution is 0.102. The minimum absolute atomic E-state index is 0.115. The van der Waals surface area contributed by atoms with Gasteiger partial charge in [-0.3, -0.25) is 4.79 Å². The highest BCUT2D eigenvalue weighted by Gasteiger charge is 2.12. The van der Waals surface area contributed by atoms with Gasteiger partial charge in [0.25, 0.3) is 5.91 Å². The number of nitrogens with one attached hydrogen (secondary N) is 1. The molecule has 0 unspecified atom stereocenters. The van der Waals surface area contributed by atoms with Crippen molar-refractivity contribution in [1.82, 2.24) is 0 Å². The van der Waals surface area contributed by atoms with Gasteiger partial charge in [-0.2, -0.15) is 5.26 Å². The summed E-state index contributed by atoms with van der Waals surface area (Å²) in [6.07, 6.45) is 0. The minimum Gasteiger partial charge on any atom is -0.322 e. The maximum Gasteiger partial charge on any atom is 0.256 e. The van der Waals surface area contributed by atoms with Crippen molar-refractivity contribution >= 4 is 43.5 Å². The zero-order chi connectivity index (χ0) is 14.7. The van der Waals surface area contributed by atoms with Crippen LogP contribution in [0.4, 0.5) is 10.1 Å². The van der Waals surface area contributed by atoms with Crippen molar-refractivity contribution in [2.75, 3.05) is 5.32 Å². The molecule has 0 bridgehead atoms. The van der Waals surface area contributed by atoms with Gasteiger partial charge >= 0.3 is 0 Å². The second-order valence-electron chi connectivity index (χ2n) is 3.88. The van der Waals surface area contributed by atoms with Crippen LogP contribution < -0.4 is 5.32 Å². The third-order valence-corrected chi connectivity index (χ3v) is 3.70. The van der Waals surface area contributed by atoms with Crippen LogP contribution in [0.1, 0.15) is 15.9 Å². The number of benzene rings is 2. The first-order chi connectivity index (χ1) is 9.51. The molecule has 2 rings (SSSR count). The van der Waals surface area contributed by atoms with Crippen LogP contribution in [0.2, 0.25) is 0 Å². The molecule has 0 radical (unpaired) electrons. The number of amides is 1. The van der Waals surface area contributed by atoms with Crippen molar-refractivity contribution < 1.29 is 9.18 Å². The molecule has 0 spiro atoms. The molecule has 3 nitrogen and oxygen atoms in total. The maximum atomic E-state index is 13.2. The number of nitriles is 1. The van der Waals surface area contributed by atoms with E-state index in [2.05, 4.69) is 37.2 Å². The van der Waals surface area contributed by atoms with Gasteiger partial charge in [-0.05, 0) is 52.3 Å². The monoisotopic (exact) mass is 396 g/mol. The minimum atomic E-state index is -0.617. The molecule has 0 aliphatic carbocycles. The van der Waals surface area contributed by atoms with Gasteiger partial charge in [-0.15, -0.1) is 0 Å². The Balaban J connectivity index is 2.28. The molecule has 0 atom stereocenters. The number of anilines is 1. The molecule has 0 saturated carbocycles. The van der Waals surface area contributed by atoms with E-state index in [9.17, 15) is 9.18 Å². The molecule has 0 fully saturated rings. The first-order valence-corrected chi connectivity index (χ1v) is 7.06. The summed E-state index contributed by atoms with van der Waals surface area (Å²) in [6.45, 7) is 0. The summed E-state index contributed by atoms with van der Waals surface area (Å²) < 4.78 is 14.6. The van der Waals surface area contributed by atoms with E-state index in [0.29, 0.717) is 15.7 Å². The molecule has 2 aromatic carbocycles. The molecule has 0 saturated heterocycles. The molecule has 0 heterocycles. The Morgan fingerprint density at radius 2 is 1.95 bits per heavy atom. The highest BCUT2D eigenvalue weighted by molar-refractivity contribution is 9.11. The Morgan fingerprint density at radius 1 is 1.20 bits per heavy atom. The van der Waals surface area contributed by atoms with Crippen LogP contribution in [0.3, 0.4) is 0 Å². The molecule has 0 aliphatic heterocycles. The third kappa shape index (κ3) is 3.24. The molecule has 0 aromatic heterocycles. The van der Waals surface area contributed by atoms with Crippen molar-refractivity contribution in [3.63, 3.8) is 0 Å². The van der Waals surface area contributed by atoms with Crippen LogP contribution in [-0.2, 0) is 0 Å². The second-order valence-corrected chi connectivity index (χ2v) is 5.65. The fourth-order valence-corrected chi connectivity index (χ4v) is 2.35. The lowest BCUT2D eigenvalue weighted by Gasteiger charge is -2.08. The van der Waals surface area contributed by atoms with Gasteiger partial charge in [0, 0.05) is 14.6 Å². The first-order valence-electron chi connectivity index (χ1n) is 5.47. The number of carbonyl (C=O) groups is 1. The Labute approximate surface area is 131 Å². The summed E-state index contributed by atoms with van der Waals surface area (Å²) in [7, 11) is 0. The van der Waals surface area contributed by atoms with Crippen molar-refractivity contribution in [3.05, 3.63) is 62.3 Å². The summed E-state index contributed by atoms with van der Waals surface area (Å²) in [5, 5.41) is 11.4. The summed E-state index contributed by atoms with van der Waals surface area (Å²) in [5.74, 6) is -0.970. The number of nitrogens with zero attached hydrogens (tertiary/aromatic N) is 1. The number of carbonyl (C=O) groups excluding carboxylic acids is 1. The smallest absolute Gasteiger partial charge is 0.256 e. The third-order valence-electron chi connectivity index (χ3n) is 2.52. The highest BCUT2D eigenvalue weighted by Crippen LogP contribution is 2.23. The van der Waals surface area contributed by atoms with E-state index >= 15 is 0 Å². The van der Waals surface area contributed by atoms with E-state index in [0.717, 1.165) is 10.5 Å². The van der Waals surface area contributed by atoms with E-state index in [4.69, 9.17) is 5.26 Å². The maximum absolute atomic E-state index is 13.2. The first kappa shape index (κ1) is 14.7. The standard InChI is InChI=1S/C14H7Br2FN2O/c15-9-1-3-12(16)11(6-9)14(20)19-10-2-4-13(17)8(5-10)7-18/h1-6H,(H,19,20). The van der Waals surface area contributed by atoms with Crippen molar-refractivity contribution in [1.29, 1.82) is 5.26 Å². The van der Waals surface area contributed by atoms with Gasteiger partial charge in [0.15, 0.2) is 0 Å². The summed E-state index contributed by atoms with van der Waals surface area (Å²) in [6, 6.07) is 10.8. The number of hydrogen-bond acceptors (Lipinski definition) is 2. The average molecular weight is 398 g/mol. The molecular formula is C14H7Br2FN2O. The quantitative estimate of drug-likeness (QED) is 0.812. The number of hydrogen-bond donors (Lipinski definition) is 1. The van der Waals surface area contributed by atoms with E-state index in [1.807, 2.05) is 0 Å². The largest absolute Gasteiger partial charge is 0.322 e. The summed E-state index contributed by atoms with van der Waals surface area (Å²) >= 11 is 6.58. The van der Waals surface area contributed by atoms with E-state index in [1.165, 1.54) is 12.1 Å². The highest BCUT2D eigenvalue weighted by atomic mass is 79.9. The fourth-order valence-electron chi connectivity index (χ4n) is 1.56. The molecule has 100 valence electrons. The van der Waals surface area contributed by atoms with E-state index < -0.39 is 5.82 Å². The van der Waals surface area contributed by atoms with Gasteiger partial charge in [-0.1, -0.05) is 15.9 Å². The Morgan fingerprint density at radius 3 is 2.65 bits per heavy atom. The molecule has 6 heteroatoms. The number of halogens is 3. The lowest BCUT2D eigenvalue weighted by Crippen LogP contribution is -2.12. The number of rotatable bonds is 2. The van der Waals surface area contributed by atoms with E-state index in [-0.39, 0.29) is 11.5 Å². The predicted molar refractivity (Wildman–Crippen MR) is 80.9 cm³/mol. The van der Waals surface area contributed by atoms with Crippen LogP contribution in [0.25, 0.3) is 0 Å². The van der Waals surface area contributed by atoms with Gasteiger partial charge in [0.05, 0.1) is 11.1 Å². The SMILES string of the molecule is N#Cc1cc(NC(=O)c2cc(Br)ccc2Br)ccc1F.